The van der Waals surface area contributed by atoms with E-state index in [4.69, 9.17) is 4.52 Å². The minimum absolute atomic E-state index is 0.151. The number of aryl methyl sites for hydroxylation is 2. The topological polar surface area (TPSA) is 105 Å². The average Bonchev–Trinajstić information content (AvgIpc) is 3.41. The SMILES string of the molecule is Cc1ccc(NC(=O)C2CCCN(S(=O)(=O)c3cc(-c4noc(C5CCC5)n4)sc3C)C2)cc1. The van der Waals surface area contributed by atoms with Crippen LogP contribution in [-0.2, 0) is 14.8 Å². The first kappa shape index (κ1) is 23.2. The van der Waals surface area contributed by atoms with E-state index in [0.29, 0.717) is 46.8 Å². The Morgan fingerprint density at radius 2 is 1.91 bits per heavy atom. The maximum atomic E-state index is 13.5. The average molecular weight is 501 g/mol. The van der Waals surface area contributed by atoms with Crippen LogP contribution in [0.15, 0.2) is 39.8 Å². The molecule has 1 aliphatic carbocycles. The van der Waals surface area contributed by atoms with Gasteiger partial charge in [0, 0.05) is 29.6 Å². The van der Waals surface area contributed by atoms with E-state index >= 15 is 0 Å². The van der Waals surface area contributed by atoms with Gasteiger partial charge in [-0.25, -0.2) is 8.42 Å². The Balaban J connectivity index is 1.31. The summed E-state index contributed by atoms with van der Waals surface area (Å²) in [4.78, 5) is 19.0. The van der Waals surface area contributed by atoms with Crippen molar-refractivity contribution in [3.05, 3.63) is 46.7 Å². The van der Waals surface area contributed by atoms with E-state index in [-0.39, 0.29) is 17.3 Å². The van der Waals surface area contributed by atoms with Crippen LogP contribution in [0, 0.1) is 19.8 Å². The molecule has 1 amide bonds. The molecule has 0 bridgehead atoms. The van der Waals surface area contributed by atoms with E-state index in [1.54, 1.807) is 13.0 Å². The van der Waals surface area contributed by atoms with E-state index in [0.717, 1.165) is 24.1 Å². The van der Waals surface area contributed by atoms with Gasteiger partial charge in [-0.15, -0.1) is 11.3 Å². The number of amides is 1. The van der Waals surface area contributed by atoms with Crippen molar-refractivity contribution in [1.82, 2.24) is 14.4 Å². The van der Waals surface area contributed by atoms with Gasteiger partial charge in [-0.3, -0.25) is 4.79 Å². The number of nitrogens with one attached hydrogen (secondary N) is 1. The van der Waals surface area contributed by atoms with Crippen LogP contribution in [0.2, 0.25) is 0 Å². The number of hydrogen-bond acceptors (Lipinski definition) is 7. The first-order valence-corrected chi connectivity index (χ1v) is 13.9. The van der Waals surface area contributed by atoms with Gasteiger partial charge in [0.25, 0.3) is 0 Å². The van der Waals surface area contributed by atoms with Crippen LogP contribution in [0.5, 0.6) is 0 Å². The van der Waals surface area contributed by atoms with Crippen molar-refractivity contribution in [3.8, 4) is 10.7 Å². The molecule has 2 aliphatic rings. The van der Waals surface area contributed by atoms with Crippen molar-refractivity contribution in [2.45, 2.75) is 56.8 Å². The molecule has 10 heteroatoms. The number of anilines is 1. The minimum atomic E-state index is -3.75. The standard InChI is InChI=1S/C24H28N4O4S2/c1-15-8-10-19(11-9-15)25-23(29)18-7-4-12-28(14-18)34(30,31)21-13-20(33-16(21)2)22-26-24(32-27-22)17-5-3-6-17/h8-11,13,17-18H,3-7,12,14H2,1-2H3,(H,25,29). The first-order chi connectivity index (χ1) is 16.3. The number of hydrogen-bond donors (Lipinski definition) is 1. The molecule has 1 aliphatic heterocycles. The number of carbonyl (C=O) groups excluding carboxylic acids is 1. The maximum absolute atomic E-state index is 13.5. The lowest BCUT2D eigenvalue weighted by Crippen LogP contribution is -2.43. The lowest BCUT2D eigenvalue weighted by Gasteiger charge is -2.31. The van der Waals surface area contributed by atoms with Crippen LogP contribution in [0.1, 0.15) is 54.4 Å². The lowest BCUT2D eigenvalue weighted by molar-refractivity contribution is -0.120. The summed E-state index contributed by atoms with van der Waals surface area (Å²) in [5.74, 6) is 0.842. The van der Waals surface area contributed by atoms with E-state index in [9.17, 15) is 13.2 Å². The molecule has 1 saturated carbocycles. The number of carbonyl (C=O) groups is 1. The van der Waals surface area contributed by atoms with E-state index in [2.05, 4.69) is 15.5 Å². The Morgan fingerprint density at radius 3 is 2.62 bits per heavy atom. The molecule has 2 aromatic heterocycles. The zero-order valence-electron chi connectivity index (χ0n) is 19.3. The van der Waals surface area contributed by atoms with Crippen molar-refractivity contribution >= 4 is 33.0 Å². The molecule has 3 heterocycles. The van der Waals surface area contributed by atoms with Gasteiger partial charge in [-0.2, -0.15) is 9.29 Å². The highest BCUT2D eigenvalue weighted by molar-refractivity contribution is 7.89. The van der Waals surface area contributed by atoms with Gasteiger partial charge in [0.05, 0.1) is 15.7 Å². The van der Waals surface area contributed by atoms with Crippen molar-refractivity contribution < 1.29 is 17.7 Å². The van der Waals surface area contributed by atoms with Crippen LogP contribution in [0.3, 0.4) is 0 Å². The minimum Gasteiger partial charge on any atom is -0.339 e. The van der Waals surface area contributed by atoms with Gasteiger partial charge in [0.2, 0.25) is 27.6 Å². The van der Waals surface area contributed by atoms with E-state index in [1.807, 2.05) is 31.2 Å². The molecule has 3 aromatic rings. The molecule has 1 atom stereocenters. The number of nitrogens with zero attached hydrogens (tertiary/aromatic N) is 3. The van der Waals surface area contributed by atoms with Gasteiger partial charge < -0.3 is 9.84 Å². The quantitative estimate of drug-likeness (QED) is 0.525. The summed E-state index contributed by atoms with van der Waals surface area (Å²) < 4.78 is 33.9. The zero-order chi connectivity index (χ0) is 23.9. The fourth-order valence-corrected chi connectivity index (χ4v) is 7.39. The van der Waals surface area contributed by atoms with Crippen LogP contribution < -0.4 is 5.32 Å². The summed E-state index contributed by atoms with van der Waals surface area (Å²) in [7, 11) is -3.75. The molecular formula is C24H28N4O4S2. The Morgan fingerprint density at radius 1 is 1.15 bits per heavy atom. The number of aromatic nitrogens is 2. The van der Waals surface area contributed by atoms with Crippen molar-refractivity contribution in [1.29, 1.82) is 0 Å². The summed E-state index contributed by atoms with van der Waals surface area (Å²) in [6.45, 7) is 4.34. The fourth-order valence-electron chi connectivity index (χ4n) is 4.38. The highest BCUT2D eigenvalue weighted by atomic mass is 32.2. The summed E-state index contributed by atoms with van der Waals surface area (Å²) >= 11 is 1.35. The predicted molar refractivity (Wildman–Crippen MR) is 130 cm³/mol. The molecular weight excluding hydrogens is 472 g/mol. The molecule has 0 radical (unpaired) electrons. The summed E-state index contributed by atoms with van der Waals surface area (Å²) in [6.07, 6.45) is 4.57. The first-order valence-electron chi connectivity index (χ1n) is 11.6. The second-order valence-electron chi connectivity index (χ2n) is 9.17. The third-order valence-electron chi connectivity index (χ3n) is 6.68. The molecule has 180 valence electrons. The van der Waals surface area contributed by atoms with Gasteiger partial charge >= 0.3 is 0 Å². The highest BCUT2D eigenvalue weighted by Crippen LogP contribution is 2.38. The highest BCUT2D eigenvalue weighted by Gasteiger charge is 2.35. The van der Waals surface area contributed by atoms with Crippen molar-refractivity contribution in [2.75, 3.05) is 18.4 Å². The summed E-state index contributed by atoms with van der Waals surface area (Å²) in [6, 6.07) is 9.22. The molecule has 1 unspecified atom stereocenters. The number of sulfonamides is 1. The van der Waals surface area contributed by atoms with E-state index in [1.165, 1.54) is 22.1 Å². The summed E-state index contributed by atoms with van der Waals surface area (Å²) in [5.41, 5.74) is 1.83. The third kappa shape index (κ3) is 4.54. The number of piperidine rings is 1. The predicted octanol–water partition coefficient (Wildman–Crippen LogP) is 4.72. The number of thiophene rings is 1. The van der Waals surface area contributed by atoms with Gasteiger partial charge in [0.15, 0.2) is 0 Å². The van der Waals surface area contributed by atoms with Gasteiger partial charge in [-0.05, 0) is 57.7 Å². The third-order valence-corrected chi connectivity index (χ3v) is 9.85. The smallest absolute Gasteiger partial charge is 0.244 e. The lowest BCUT2D eigenvalue weighted by atomic mass is 9.85. The normalized spacial score (nSPS) is 19.6. The zero-order valence-corrected chi connectivity index (χ0v) is 20.9. The van der Waals surface area contributed by atoms with Crippen LogP contribution in [-0.4, -0.2) is 41.9 Å². The monoisotopic (exact) mass is 500 g/mol. The van der Waals surface area contributed by atoms with Crippen LogP contribution >= 0.6 is 11.3 Å². The van der Waals surface area contributed by atoms with Crippen molar-refractivity contribution in [3.63, 3.8) is 0 Å². The largest absolute Gasteiger partial charge is 0.339 e. The molecule has 8 nitrogen and oxygen atoms in total. The molecule has 1 N–H and O–H groups in total. The maximum Gasteiger partial charge on any atom is 0.244 e. The van der Waals surface area contributed by atoms with Gasteiger partial charge in [-0.1, -0.05) is 29.3 Å². The summed E-state index contributed by atoms with van der Waals surface area (Å²) in [5, 5.41) is 7.01. The molecule has 5 rings (SSSR count). The van der Waals surface area contributed by atoms with E-state index < -0.39 is 15.9 Å². The number of rotatable bonds is 6. The van der Waals surface area contributed by atoms with Crippen LogP contribution in [0.4, 0.5) is 5.69 Å². The molecule has 1 saturated heterocycles. The number of benzene rings is 1. The molecule has 1 aromatic carbocycles. The fraction of sp³-hybridized carbons (Fsp3) is 0.458. The molecule has 2 fully saturated rings. The Kier molecular flexibility index (Phi) is 6.30. The Labute approximate surface area is 203 Å². The molecule has 0 spiro atoms. The second-order valence-corrected chi connectivity index (χ2v) is 12.3. The molecule has 34 heavy (non-hydrogen) atoms. The van der Waals surface area contributed by atoms with Crippen LogP contribution in [0.25, 0.3) is 10.7 Å². The van der Waals surface area contributed by atoms with Crippen molar-refractivity contribution in [2.24, 2.45) is 5.92 Å². The second kappa shape index (κ2) is 9.24. The van der Waals surface area contributed by atoms with Gasteiger partial charge in [0.1, 0.15) is 0 Å². The Bertz CT molecular complexity index is 1290. The Hall–Kier alpha value is -2.56.